The van der Waals surface area contributed by atoms with E-state index in [4.69, 9.17) is 4.74 Å². The van der Waals surface area contributed by atoms with E-state index in [-0.39, 0.29) is 23.6 Å². The van der Waals surface area contributed by atoms with E-state index in [2.05, 4.69) is 48.5 Å². The van der Waals surface area contributed by atoms with Gasteiger partial charge in [0.25, 0.3) is 11.8 Å². The van der Waals surface area contributed by atoms with Crippen LogP contribution < -0.4 is 5.32 Å². The fourth-order valence-electron chi connectivity index (χ4n) is 3.48. The number of morpholine rings is 1. The lowest BCUT2D eigenvalue weighted by atomic mass is 9.98. The van der Waals surface area contributed by atoms with Crippen molar-refractivity contribution in [2.45, 2.75) is 39.2 Å². The largest absolute Gasteiger partial charge is 0.378 e. The zero-order valence-corrected chi connectivity index (χ0v) is 17.6. The van der Waals surface area contributed by atoms with Crippen LogP contribution in [0.4, 0.5) is 0 Å². The molecule has 1 saturated heterocycles. The van der Waals surface area contributed by atoms with Gasteiger partial charge in [0, 0.05) is 26.2 Å². The van der Waals surface area contributed by atoms with Crippen LogP contribution in [0.2, 0.25) is 0 Å². The van der Waals surface area contributed by atoms with Gasteiger partial charge in [-0.2, -0.15) is 5.10 Å². The highest BCUT2D eigenvalue weighted by molar-refractivity contribution is 5.98. The molecule has 0 spiro atoms. The van der Waals surface area contributed by atoms with E-state index in [1.54, 1.807) is 18.0 Å². The molecule has 0 saturated carbocycles. The van der Waals surface area contributed by atoms with E-state index in [1.165, 1.54) is 10.2 Å². The minimum absolute atomic E-state index is 0.1000. The molecule has 0 aliphatic carbocycles. The second kappa shape index (κ2) is 9.22. The van der Waals surface area contributed by atoms with Crippen LogP contribution in [0, 0.1) is 0 Å². The molecule has 0 bridgehead atoms. The van der Waals surface area contributed by atoms with E-state index in [0.29, 0.717) is 37.9 Å². The first-order valence-corrected chi connectivity index (χ1v) is 10.2. The Morgan fingerprint density at radius 3 is 2.34 bits per heavy atom. The van der Waals surface area contributed by atoms with Gasteiger partial charge in [-0.05, 0) is 23.5 Å². The predicted octanol–water partition coefficient (Wildman–Crippen LogP) is 2.90. The number of nitrogens with zero attached hydrogens (tertiary/aromatic N) is 3. The van der Waals surface area contributed by atoms with Crippen molar-refractivity contribution in [1.82, 2.24) is 20.0 Å². The van der Waals surface area contributed by atoms with Gasteiger partial charge in [0.1, 0.15) is 5.69 Å². The molecule has 1 atom stereocenters. The molecule has 7 heteroatoms. The Bertz CT molecular complexity index is 851. The first-order valence-electron chi connectivity index (χ1n) is 10.2. The average molecular weight is 399 g/mol. The maximum atomic E-state index is 12.9. The molecular weight excluding hydrogens is 368 g/mol. The number of amides is 2. The van der Waals surface area contributed by atoms with Crippen LogP contribution in [0.1, 0.15) is 71.3 Å². The summed E-state index contributed by atoms with van der Waals surface area (Å²) in [5.41, 5.74) is 3.00. The maximum Gasteiger partial charge on any atom is 0.274 e. The number of aromatic nitrogens is 2. The number of rotatable bonds is 6. The summed E-state index contributed by atoms with van der Waals surface area (Å²) in [4.78, 5) is 27.2. The van der Waals surface area contributed by atoms with Crippen LogP contribution in [0.3, 0.4) is 0 Å². The fourth-order valence-corrected chi connectivity index (χ4v) is 3.48. The topological polar surface area (TPSA) is 76.5 Å². The molecule has 2 heterocycles. The van der Waals surface area contributed by atoms with Gasteiger partial charge >= 0.3 is 0 Å². The summed E-state index contributed by atoms with van der Waals surface area (Å²) in [5, 5.41) is 7.34. The number of carbonyl (C=O) groups is 2. The van der Waals surface area contributed by atoms with Crippen LogP contribution in [0.25, 0.3) is 0 Å². The predicted molar refractivity (Wildman–Crippen MR) is 111 cm³/mol. The third-order valence-electron chi connectivity index (χ3n) is 5.35. The minimum Gasteiger partial charge on any atom is -0.378 e. The fraction of sp³-hybridized carbons (Fsp3) is 0.500. The van der Waals surface area contributed by atoms with Crippen molar-refractivity contribution in [2.24, 2.45) is 7.05 Å². The number of hydrogen-bond acceptors (Lipinski definition) is 4. The second-order valence-electron chi connectivity index (χ2n) is 7.70. The van der Waals surface area contributed by atoms with E-state index >= 15 is 0 Å². The molecule has 1 fully saturated rings. The van der Waals surface area contributed by atoms with Crippen molar-refractivity contribution in [3.05, 3.63) is 52.8 Å². The quantitative estimate of drug-likeness (QED) is 0.812. The molecule has 1 aromatic carbocycles. The summed E-state index contributed by atoms with van der Waals surface area (Å²) >= 11 is 0. The smallest absolute Gasteiger partial charge is 0.274 e. The standard InChI is InChI=1S/C22H30N4O3/c1-5-18(17-8-6-16(7-9-17)15(2)3)23-21(27)20-14-19(24-25(20)4)22(28)26-10-12-29-13-11-26/h6-9,14-15,18H,5,10-13H2,1-4H3,(H,23,27). The number of nitrogens with one attached hydrogen (secondary N) is 1. The highest BCUT2D eigenvalue weighted by Crippen LogP contribution is 2.21. The average Bonchev–Trinajstić information content (AvgIpc) is 3.13. The Morgan fingerprint density at radius 2 is 1.76 bits per heavy atom. The van der Waals surface area contributed by atoms with E-state index in [0.717, 1.165) is 12.0 Å². The van der Waals surface area contributed by atoms with Crippen molar-refractivity contribution >= 4 is 11.8 Å². The van der Waals surface area contributed by atoms with Gasteiger partial charge in [0.15, 0.2) is 5.69 Å². The molecule has 1 unspecified atom stereocenters. The lowest BCUT2D eigenvalue weighted by molar-refractivity contribution is 0.0298. The van der Waals surface area contributed by atoms with Gasteiger partial charge in [-0.15, -0.1) is 0 Å². The third-order valence-corrected chi connectivity index (χ3v) is 5.35. The van der Waals surface area contributed by atoms with Gasteiger partial charge < -0.3 is 15.0 Å². The SMILES string of the molecule is CCC(NC(=O)c1cc(C(=O)N2CCOCC2)nn1C)c1ccc(C(C)C)cc1. The molecule has 1 N–H and O–H groups in total. The molecule has 29 heavy (non-hydrogen) atoms. The first-order chi connectivity index (χ1) is 13.9. The van der Waals surface area contributed by atoms with Gasteiger partial charge in [-0.25, -0.2) is 0 Å². The third kappa shape index (κ3) is 4.85. The molecule has 1 aliphatic rings. The number of aryl methyl sites for hydroxylation is 1. The van der Waals surface area contributed by atoms with E-state index in [1.807, 2.05) is 6.92 Å². The Morgan fingerprint density at radius 1 is 1.14 bits per heavy atom. The number of benzene rings is 1. The Labute approximate surface area is 172 Å². The molecule has 0 radical (unpaired) electrons. The summed E-state index contributed by atoms with van der Waals surface area (Å²) in [5.74, 6) is 0.0654. The summed E-state index contributed by atoms with van der Waals surface area (Å²) in [6, 6.07) is 9.83. The highest BCUT2D eigenvalue weighted by atomic mass is 16.5. The van der Waals surface area contributed by atoms with Gasteiger partial charge in [0.05, 0.1) is 19.3 Å². The normalized spacial score (nSPS) is 15.4. The van der Waals surface area contributed by atoms with E-state index < -0.39 is 0 Å². The van der Waals surface area contributed by atoms with Crippen LogP contribution >= 0.6 is 0 Å². The van der Waals surface area contributed by atoms with Crippen molar-refractivity contribution in [2.75, 3.05) is 26.3 Å². The minimum atomic E-state index is -0.235. The van der Waals surface area contributed by atoms with Crippen molar-refractivity contribution in [3.8, 4) is 0 Å². The summed E-state index contributed by atoms with van der Waals surface area (Å²) < 4.78 is 6.76. The van der Waals surface area contributed by atoms with Gasteiger partial charge in [-0.1, -0.05) is 45.0 Å². The van der Waals surface area contributed by atoms with Crippen LogP contribution in [-0.2, 0) is 11.8 Å². The van der Waals surface area contributed by atoms with Crippen LogP contribution in [0.15, 0.2) is 30.3 Å². The van der Waals surface area contributed by atoms with Crippen LogP contribution in [0.5, 0.6) is 0 Å². The highest BCUT2D eigenvalue weighted by Gasteiger charge is 2.24. The zero-order valence-electron chi connectivity index (χ0n) is 17.6. The van der Waals surface area contributed by atoms with Crippen molar-refractivity contribution in [1.29, 1.82) is 0 Å². The molecule has 7 nitrogen and oxygen atoms in total. The van der Waals surface area contributed by atoms with Gasteiger partial charge in [0.2, 0.25) is 0 Å². The molecule has 3 rings (SSSR count). The summed E-state index contributed by atoms with van der Waals surface area (Å²) in [6.45, 7) is 8.50. The zero-order chi connectivity index (χ0) is 21.0. The Hall–Kier alpha value is -2.67. The monoisotopic (exact) mass is 398 g/mol. The lowest BCUT2D eigenvalue weighted by Crippen LogP contribution is -2.40. The lowest BCUT2D eigenvalue weighted by Gasteiger charge is -2.25. The van der Waals surface area contributed by atoms with E-state index in [9.17, 15) is 9.59 Å². The van der Waals surface area contributed by atoms with Crippen molar-refractivity contribution < 1.29 is 14.3 Å². The number of hydrogen-bond donors (Lipinski definition) is 1. The molecular formula is C22H30N4O3. The molecule has 2 amide bonds. The number of ether oxygens (including phenoxy) is 1. The Balaban J connectivity index is 1.72. The first kappa shape index (κ1) is 21.0. The summed E-state index contributed by atoms with van der Waals surface area (Å²) in [7, 11) is 1.68. The number of carbonyl (C=O) groups excluding carboxylic acids is 2. The Kier molecular flexibility index (Phi) is 6.69. The second-order valence-corrected chi connectivity index (χ2v) is 7.70. The maximum absolute atomic E-state index is 12.9. The molecule has 1 aromatic heterocycles. The van der Waals surface area contributed by atoms with Crippen LogP contribution in [-0.4, -0.2) is 52.8 Å². The van der Waals surface area contributed by atoms with Gasteiger partial charge in [-0.3, -0.25) is 14.3 Å². The molecule has 2 aromatic rings. The molecule has 156 valence electrons. The summed E-state index contributed by atoms with van der Waals surface area (Å²) in [6.07, 6.45) is 0.768. The molecule has 1 aliphatic heterocycles. The van der Waals surface area contributed by atoms with Crippen molar-refractivity contribution in [3.63, 3.8) is 0 Å².